The van der Waals surface area contributed by atoms with Gasteiger partial charge >= 0.3 is 0 Å². The second-order valence-corrected chi connectivity index (χ2v) is 15.1. The van der Waals surface area contributed by atoms with Crippen LogP contribution in [0.2, 0.25) is 5.02 Å². The Morgan fingerprint density at radius 2 is 2.05 bits per heavy atom. The van der Waals surface area contributed by atoms with Gasteiger partial charge in [0, 0.05) is 40.3 Å². The van der Waals surface area contributed by atoms with E-state index >= 15 is 0 Å². The van der Waals surface area contributed by atoms with E-state index in [0.717, 1.165) is 74.5 Å². The molecule has 3 aliphatic rings. The molecule has 1 spiro atoms. The summed E-state index contributed by atoms with van der Waals surface area (Å²) in [6.45, 7) is 9.99. The lowest BCUT2D eigenvalue weighted by Gasteiger charge is -2.47. The summed E-state index contributed by atoms with van der Waals surface area (Å²) in [4.78, 5) is 15.6. The van der Waals surface area contributed by atoms with Crippen molar-refractivity contribution in [2.45, 2.75) is 89.4 Å². The van der Waals surface area contributed by atoms with E-state index in [0.29, 0.717) is 24.0 Å². The quantitative estimate of drug-likeness (QED) is 0.278. The number of ether oxygens (including phenoxy) is 1. The number of allylic oxidation sites excluding steroid dienone is 1. The summed E-state index contributed by atoms with van der Waals surface area (Å²) < 4.78 is 21.7. The number of nitrogens with zero attached hydrogens (tertiary/aromatic N) is 1. The third-order valence-electron chi connectivity index (χ3n) is 9.80. The average molecular weight is 627 g/mol. The standard InChI is InChI=1S/C35H47ClN2O4S/c1-5-7-10-29(32(39)6-2)28-14-11-26(28)20-38-21-35(17-8-9-24-18-27(36)13-15-30(24)35)22-42-33-16-12-25(19-31(33)38)34(40)37-43(41)23(3)4/h7,10,12-13,15-16,18-19,23,26,28-29,32,39H,5-6,8-9,11,14,17,20-22H2,1-4H3,(H,37,40)/b10-7+/t26?,28?,29?,32?,35-,43?/m0/s1. The molecule has 0 saturated heterocycles. The van der Waals surface area contributed by atoms with Crippen LogP contribution in [0.3, 0.4) is 0 Å². The van der Waals surface area contributed by atoms with Crippen molar-refractivity contribution in [3.05, 3.63) is 70.3 Å². The number of hydrogen-bond acceptors (Lipinski definition) is 5. The minimum atomic E-state index is -1.46. The fourth-order valence-corrected chi connectivity index (χ4v) is 7.99. The molecule has 1 heterocycles. The Balaban J connectivity index is 1.51. The highest BCUT2D eigenvalue weighted by Crippen LogP contribution is 2.48. The molecule has 2 aromatic carbocycles. The first kappa shape index (κ1) is 32.1. The van der Waals surface area contributed by atoms with Gasteiger partial charge in [-0.25, -0.2) is 4.21 Å². The lowest BCUT2D eigenvalue weighted by atomic mass is 9.64. The van der Waals surface area contributed by atoms with E-state index in [4.69, 9.17) is 16.3 Å². The topological polar surface area (TPSA) is 78.9 Å². The van der Waals surface area contributed by atoms with E-state index in [-0.39, 0.29) is 28.6 Å². The highest BCUT2D eigenvalue weighted by Gasteiger charge is 2.45. The van der Waals surface area contributed by atoms with Crippen molar-refractivity contribution in [2.24, 2.45) is 17.8 Å². The molecule has 1 fully saturated rings. The minimum absolute atomic E-state index is 0.140. The Morgan fingerprint density at radius 1 is 1.23 bits per heavy atom. The number of aliphatic hydroxyl groups is 1. The van der Waals surface area contributed by atoms with Crippen LogP contribution < -0.4 is 14.4 Å². The fraction of sp³-hybridized carbons (Fsp3) is 0.571. The maximum atomic E-state index is 13.2. The second-order valence-electron chi connectivity index (χ2n) is 13.0. The van der Waals surface area contributed by atoms with Gasteiger partial charge in [-0.1, -0.05) is 43.7 Å². The zero-order valence-corrected chi connectivity index (χ0v) is 27.6. The molecule has 6 nitrogen and oxygen atoms in total. The monoisotopic (exact) mass is 626 g/mol. The van der Waals surface area contributed by atoms with Gasteiger partial charge in [-0.3, -0.25) is 9.52 Å². The van der Waals surface area contributed by atoms with Crippen molar-refractivity contribution in [3.8, 4) is 5.75 Å². The smallest absolute Gasteiger partial charge is 0.263 e. The zero-order valence-electron chi connectivity index (χ0n) is 26.0. The van der Waals surface area contributed by atoms with Gasteiger partial charge in [-0.15, -0.1) is 0 Å². The third-order valence-corrected chi connectivity index (χ3v) is 11.3. The number of aliphatic hydroxyl groups excluding tert-OH is 1. The fourth-order valence-electron chi connectivity index (χ4n) is 7.26. The van der Waals surface area contributed by atoms with Crippen LogP contribution in [0, 0.1) is 17.8 Å². The van der Waals surface area contributed by atoms with Gasteiger partial charge in [-0.2, -0.15) is 0 Å². The molecular formula is C35H47ClN2O4S. The summed E-state index contributed by atoms with van der Waals surface area (Å²) in [5.41, 5.74) is 3.78. The molecule has 5 unspecified atom stereocenters. The minimum Gasteiger partial charge on any atom is -0.490 e. The molecule has 1 amide bonds. The van der Waals surface area contributed by atoms with Gasteiger partial charge in [0.25, 0.3) is 5.91 Å². The Hall–Kier alpha value is -2.35. The van der Waals surface area contributed by atoms with Gasteiger partial charge in [0.1, 0.15) is 16.7 Å². The number of hydrogen-bond donors (Lipinski definition) is 2. The van der Waals surface area contributed by atoms with E-state index in [1.165, 1.54) is 11.1 Å². The number of carbonyl (C=O) groups is 1. The summed E-state index contributed by atoms with van der Waals surface area (Å²) in [6, 6.07) is 11.9. The van der Waals surface area contributed by atoms with Crippen LogP contribution in [-0.4, -0.2) is 46.3 Å². The van der Waals surface area contributed by atoms with E-state index in [9.17, 15) is 14.1 Å². The maximum absolute atomic E-state index is 13.2. The SMILES string of the molecule is CC/C=C/C(C(O)CC)C1CCC1CN1C[C@@]2(CCCc3cc(Cl)ccc32)COc2ccc(C(=O)NS(=O)C(C)C)cc21. The summed E-state index contributed by atoms with van der Waals surface area (Å²) in [5.74, 6) is 1.38. The lowest BCUT2D eigenvalue weighted by Crippen LogP contribution is -2.49. The third kappa shape index (κ3) is 6.84. The molecule has 6 atom stereocenters. The molecule has 234 valence electrons. The molecule has 1 aliphatic heterocycles. The molecule has 0 bridgehead atoms. The van der Waals surface area contributed by atoms with Crippen LogP contribution in [0.15, 0.2) is 48.6 Å². The van der Waals surface area contributed by atoms with Crippen molar-refractivity contribution < 1.29 is 18.8 Å². The first-order chi connectivity index (χ1) is 20.7. The molecule has 1 saturated carbocycles. The predicted molar refractivity (Wildman–Crippen MR) is 176 cm³/mol. The zero-order chi connectivity index (χ0) is 30.7. The van der Waals surface area contributed by atoms with Gasteiger partial charge in [0.15, 0.2) is 0 Å². The molecule has 8 heteroatoms. The molecule has 5 rings (SSSR count). The first-order valence-corrected chi connectivity index (χ1v) is 17.6. The Kier molecular flexibility index (Phi) is 10.2. The Morgan fingerprint density at radius 3 is 2.74 bits per heavy atom. The molecule has 2 aliphatic carbocycles. The summed E-state index contributed by atoms with van der Waals surface area (Å²) in [6.07, 6.45) is 11.1. The van der Waals surface area contributed by atoms with E-state index in [1.54, 1.807) is 6.07 Å². The number of rotatable bonds is 10. The molecule has 0 radical (unpaired) electrons. The van der Waals surface area contributed by atoms with E-state index < -0.39 is 11.0 Å². The molecule has 0 aromatic heterocycles. The highest BCUT2D eigenvalue weighted by molar-refractivity contribution is 7.84. The van der Waals surface area contributed by atoms with Crippen LogP contribution in [0.25, 0.3) is 0 Å². The van der Waals surface area contributed by atoms with Crippen LogP contribution in [0.5, 0.6) is 5.75 Å². The normalized spacial score (nSPS) is 25.3. The summed E-state index contributed by atoms with van der Waals surface area (Å²) in [5, 5.41) is 11.6. The largest absolute Gasteiger partial charge is 0.490 e. The Bertz CT molecular complexity index is 1360. The Labute approximate surface area is 264 Å². The number of nitrogens with one attached hydrogen (secondary N) is 1. The van der Waals surface area contributed by atoms with Gasteiger partial charge < -0.3 is 14.7 Å². The lowest BCUT2D eigenvalue weighted by molar-refractivity contribution is 0.0314. The number of aryl methyl sites for hydroxylation is 1. The molecule has 2 N–H and O–H groups in total. The van der Waals surface area contributed by atoms with E-state index in [1.807, 2.05) is 32.0 Å². The van der Waals surface area contributed by atoms with Crippen molar-refractivity contribution in [1.82, 2.24) is 4.72 Å². The molecule has 43 heavy (non-hydrogen) atoms. The average Bonchev–Trinajstić information content (AvgIpc) is 3.13. The number of benzene rings is 2. The van der Waals surface area contributed by atoms with Crippen LogP contribution >= 0.6 is 11.6 Å². The highest BCUT2D eigenvalue weighted by atomic mass is 35.5. The number of amides is 1. The van der Waals surface area contributed by atoms with Gasteiger partial charge in [0.2, 0.25) is 0 Å². The van der Waals surface area contributed by atoms with Gasteiger partial charge in [0.05, 0.1) is 18.4 Å². The van der Waals surface area contributed by atoms with Gasteiger partial charge in [-0.05, 0) is 112 Å². The van der Waals surface area contributed by atoms with Crippen LogP contribution in [0.4, 0.5) is 5.69 Å². The maximum Gasteiger partial charge on any atom is 0.263 e. The molecular weight excluding hydrogens is 580 g/mol. The predicted octanol–water partition coefficient (Wildman–Crippen LogP) is 6.99. The van der Waals surface area contributed by atoms with Crippen molar-refractivity contribution in [2.75, 3.05) is 24.6 Å². The first-order valence-electron chi connectivity index (χ1n) is 16.0. The van der Waals surface area contributed by atoms with Crippen molar-refractivity contribution >= 4 is 34.2 Å². The summed E-state index contributed by atoms with van der Waals surface area (Å²) >= 11 is 6.43. The second kappa shape index (κ2) is 13.7. The van der Waals surface area contributed by atoms with Crippen LogP contribution in [0.1, 0.15) is 87.7 Å². The number of halogens is 1. The number of carbonyl (C=O) groups excluding carboxylic acids is 1. The van der Waals surface area contributed by atoms with Crippen molar-refractivity contribution in [3.63, 3.8) is 0 Å². The summed E-state index contributed by atoms with van der Waals surface area (Å²) in [7, 11) is -1.46. The number of anilines is 1. The van der Waals surface area contributed by atoms with Crippen molar-refractivity contribution in [1.29, 1.82) is 0 Å². The molecule has 2 aromatic rings. The van der Waals surface area contributed by atoms with E-state index in [2.05, 4.69) is 47.8 Å². The number of fused-ring (bicyclic) bond motifs is 3. The van der Waals surface area contributed by atoms with Crippen LogP contribution in [-0.2, 0) is 22.8 Å².